The quantitative estimate of drug-likeness (QED) is 0.583. The number of carbonyl (C=O) groups excluding carboxylic acids is 2. The van der Waals surface area contributed by atoms with Gasteiger partial charge in [0, 0.05) is 32.8 Å². The zero-order valence-electron chi connectivity index (χ0n) is 14.9. The van der Waals surface area contributed by atoms with Gasteiger partial charge < -0.3 is 20.5 Å². The van der Waals surface area contributed by atoms with Gasteiger partial charge in [-0.15, -0.1) is 0 Å². The van der Waals surface area contributed by atoms with Crippen molar-refractivity contribution in [3.05, 3.63) is 29.3 Å². The number of carbonyl (C=O) groups is 2. The number of benzene rings is 1. The molecule has 0 radical (unpaired) electrons. The summed E-state index contributed by atoms with van der Waals surface area (Å²) in [4.78, 5) is 26.3. The van der Waals surface area contributed by atoms with E-state index in [2.05, 4.69) is 10.6 Å². The average Bonchev–Trinajstić information content (AvgIpc) is 2.58. The lowest BCUT2D eigenvalue weighted by molar-refractivity contribution is -0.134. The van der Waals surface area contributed by atoms with Gasteiger partial charge in [-0.25, -0.2) is 0 Å². The fourth-order valence-electron chi connectivity index (χ4n) is 3.00. The maximum absolute atomic E-state index is 12.2. The molecular weight excluding hydrogens is 322 g/mol. The van der Waals surface area contributed by atoms with Crippen molar-refractivity contribution in [1.82, 2.24) is 15.5 Å². The van der Waals surface area contributed by atoms with Gasteiger partial charge in [-0.1, -0.05) is 12.1 Å². The third-order valence-electron chi connectivity index (χ3n) is 4.32. The molecule has 0 bridgehead atoms. The topological polar surface area (TPSA) is 90.9 Å². The van der Waals surface area contributed by atoms with Crippen LogP contribution in [0.25, 0.3) is 0 Å². The Morgan fingerprint density at radius 2 is 2.28 bits per heavy atom. The molecule has 7 heteroatoms. The number of piperazine rings is 1. The minimum Gasteiger partial charge on any atom is -0.496 e. The van der Waals surface area contributed by atoms with Crippen LogP contribution in [0.3, 0.4) is 0 Å². The van der Waals surface area contributed by atoms with Crippen molar-refractivity contribution in [3.63, 3.8) is 0 Å². The van der Waals surface area contributed by atoms with Crippen LogP contribution in [0.2, 0.25) is 0 Å². The van der Waals surface area contributed by atoms with Crippen LogP contribution in [0.1, 0.15) is 24.0 Å². The predicted octanol–water partition coefficient (Wildman–Crippen LogP) is 0.193. The van der Waals surface area contributed by atoms with Crippen LogP contribution < -0.4 is 15.4 Å². The second-order valence-electron chi connectivity index (χ2n) is 6.21. The van der Waals surface area contributed by atoms with Gasteiger partial charge in [0.2, 0.25) is 11.8 Å². The van der Waals surface area contributed by atoms with E-state index in [4.69, 9.17) is 9.84 Å². The molecule has 1 aromatic carbocycles. The smallest absolute Gasteiger partial charge is 0.237 e. The first-order chi connectivity index (χ1) is 12.0. The summed E-state index contributed by atoms with van der Waals surface area (Å²) < 4.78 is 5.28. The van der Waals surface area contributed by atoms with Crippen LogP contribution in [0.4, 0.5) is 0 Å². The van der Waals surface area contributed by atoms with Crippen LogP contribution in [0, 0.1) is 6.92 Å². The summed E-state index contributed by atoms with van der Waals surface area (Å²) in [5.74, 6) is 0.542. The van der Waals surface area contributed by atoms with Crippen LogP contribution in [0.5, 0.6) is 5.75 Å². The summed E-state index contributed by atoms with van der Waals surface area (Å²) in [7, 11) is 1.64. The number of nitrogens with zero attached hydrogens (tertiary/aromatic N) is 1. The molecule has 1 unspecified atom stereocenters. The van der Waals surface area contributed by atoms with Crippen LogP contribution in [-0.2, 0) is 16.1 Å². The third kappa shape index (κ3) is 5.44. The minimum absolute atomic E-state index is 0.0349. The Bertz CT molecular complexity index is 606. The summed E-state index contributed by atoms with van der Waals surface area (Å²) in [5, 5.41) is 14.3. The highest BCUT2D eigenvalue weighted by atomic mass is 16.5. The molecule has 0 aliphatic carbocycles. The molecule has 7 nitrogen and oxygen atoms in total. The van der Waals surface area contributed by atoms with E-state index in [1.165, 1.54) is 0 Å². The third-order valence-corrected chi connectivity index (χ3v) is 4.32. The molecule has 0 saturated carbocycles. The van der Waals surface area contributed by atoms with E-state index in [0.29, 0.717) is 32.6 Å². The molecule has 2 amide bonds. The van der Waals surface area contributed by atoms with Gasteiger partial charge in [0.1, 0.15) is 5.75 Å². The molecule has 3 N–H and O–H groups in total. The molecule has 1 saturated heterocycles. The summed E-state index contributed by atoms with van der Waals surface area (Å²) in [6, 6.07) is 5.47. The van der Waals surface area contributed by atoms with E-state index in [9.17, 15) is 9.59 Å². The average molecular weight is 349 g/mol. The van der Waals surface area contributed by atoms with Crippen molar-refractivity contribution in [3.8, 4) is 5.75 Å². The van der Waals surface area contributed by atoms with Crippen LogP contribution >= 0.6 is 0 Å². The maximum atomic E-state index is 12.2. The summed E-state index contributed by atoms with van der Waals surface area (Å²) in [5.41, 5.74) is 2.12. The van der Waals surface area contributed by atoms with Gasteiger partial charge in [0.15, 0.2) is 0 Å². The van der Waals surface area contributed by atoms with Gasteiger partial charge in [0.25, 0.3) is 0 Å². The lowest BCUT2D eigenvalue weighted by Crippen LogP contribution is -2.56. The number of nitrogens with one attached hydrogen (secondary N) is 2. The van der Waals surface area contributed by atoms with E-state index in [0.717, 1.165) is 16.9 Å². The Balaban J connectivity index is 2.02. The molecule has 25 heavy (non-hydrogen) atoms. The molecule has 0 aromatic heterocycles. The van der Waals surface area contributed by atoms with Gasteiger partial charge in [0.05, 0.1) is 19.6 Å². The van der Waals surface area contributed by atoms with Crippen molar-refractivity contribution in [2.45, 2.75) is 32.4 Å². The van der Waals surface area contributed by atoms with Gasteiger partial charge >= 0.3 is 0 Å². The van der Waals surface area contributed by atoms with E-state index >= 15 is 0 Å². The molecule has 0 spiro atoms. The van der Waals surface area contributed by atoms with E-state index in [-0.39, 0.29) is 24.8 Å². The van der Waals surface area contributed by atoms with Crippen LogP contribution in [-0.4, -0.2) is 61.2 Å². The van der Waals surface area contributed by atoms with Crippen molar-refractivity contribution in [1.29, 1.82) is 0 Å². The highest BCUT2D eigenvalue weighted by Gasteiger charge is 2.31. The molecule has 1 atom stereocenters. The van der Waals surface area contributed by atoms with Crippen molar-refractivity contribution in [2.24, 2.45) is 0 Å². The number of aliphatic hydroxyl groups excluding tert-OH is 1. The SMILES string of the molecule is COc1ccc(CN2CCNC(=O)C2CC(=O)NCCCO)cc1C. The Morgan fingerprint density at radius 1 is 1.48 bits per heavy atom. The van der Waals surface area contributed by atoms with Gasteiger partial charge in [-0.3, -0.25) is 14.5 Å². The molecule has 1 aliphatic rings. The Hall–Kier alpha value is -2.12. The number of methoxy groups -OCH3 is 1. The first kappa shape index (κ1) is 19.2. The molecular formula is C18H27N3O4. The number of hydrogen-bond acceptors (Lipinski definition) is 5. The Kier molecular flexibility index (Phi) is 7.21. The molecule has 2 rings (SSSR count). The fraction of sp³-hybridized carbons (Fsp3) is 0.556. The van der Waals surface area contributed by atoms with Crippen molar-refractivity contribution in [2.75, 3.05) is 33.4 Å². The zero-order valence-corrected chi connectivity index (χ0v) is 14.9. The predicted molar refractivity (Wildman–Crippen MR) is 94.3 cm³/mol. The van der Waals surface area contributed by atoms with Gasteiger partial charge in [-0.05, 0) is 30.5 Å². The van der Waals surface area contributed by atoms with Crippen molar-refractivity contribution >= 4 is 11.8 Å². The molecule has 1 fully saturated rings. The molecule has 1 aromatic rings. The second-order valence-corrected chi connectivity index (χ2v) is 6.21. The normalized spacial score (nSPS) is 17.9. The number of aliphatic hydroxyl groups is 1. The highest BCUT2D eigenvalue weighted by Crippen LogP contribution is 2.21. The lowest BCUT2D eigenvalue weighted by Gasteiger charge is -2.34. The number of ether oxygens (including phenoxy) is 1. The van der Waals surface area contributed by atoms with Crippen LogP contribution in [0.15, 0.2) is 18.2 Å². The van der Waals surface area contributed by atoms with Gasteiger partial charge in [-0.2, -0.15) is 0 Å². The summed E-state index contributed by atoms with van der Waals surface area (Å²) in [6.07, 6.45) is 0.629. The second kappa shape index (κ2) is 9.39. The Labute approximate surface area is 148 Å². The molecule has 1 heterocycles. The highest BCUT2D eigenvalue weighted by molar-refractivity contribution is 5.88. The molecule has 138 valence electrons. The molecule has 1 aliphatic heterocycles. The largest absolute Gasteiger partial charge is 0.496 e. The maximum Gasteiger partial charge on any atom is 0.237 e. The zero-order chi connectivity index (χ0) is 18.2. The van der Waals surface area contributed by atoms with E-state index in [1.807, 2.05) is 30.0 Å². The van der Waals surface area contributed by atoms with E-state index < -0.39 is 6.04 Å². The lowest BCUT2D eigenvalue weighted by atomic mass is 10.1. The summed E-state index contributed by atoms with van der Waals surface area (Å²) in [6.45, 7) is 4.32. The Morgan fingerprint density at radius 3 is 2.96 bits per heavy atom. The monoisotopic (exact) mass is 349 g/mol. The van der Waals surface area contributed by atoms with Crippen molar-refractivity contribution < 1.29 is 19.4 Å². The fourth-order valence-corrected chi connectivity index (χ4v) is 3.00. The standard InChI is InChI=1S/C18H27N3O4/c1-13-10-14(4-5-16(13)25-2)12-21-8-7-20-18(24)15(21)11-17(23)19-6-3-9-22/h4-5,10,15,22H,3,6-9,11-12H2,1-2H3,(H,19,23)(H,20,24). The first-order valence-electron chi connectivity index (χ1n) is 8.58. The van der Waals surface area contributed by atoms with E-state index in [1.54, 1.807) is 7.11 Å². The number of amides is 2. The summed E-state index contributed by atoms with van der Waals surface area (Å²) >= 11 is 0. The number of hydrogen-bond donors (Lipinski definition) is 3. The number of aryl methyl sites for hydroxylation is 1. The minimum atomic E-state index is -0.481. The first-order valence-corrected chi connectivity index (χ1v) is 8.58. The number of rotatable bonds is 8.